The van der Waals surface area contributed by atoms with Crippen molar-refractivity contribution in [2.75, 3.05) is 41.5 Å². The summed E-state index contributed by atoms with van der Waals surface area (Å²) in [5.74, 6) is -1.40. The van der Waals surface area contributed by atoms with E-state index in [-0.39, 0.29) is 66.8 Å². The quantitative estimate of drug-likeness (QED) is 0.110. The van der Waals surface area contributed by atoms with Gasteiger partial charge in [0.15, 0.2) is 24.7 Å². The second-order valence-corrected chi connectivity index (χ2v) is 17.7. The summed E-state index contributed by atoms with van der Waals surface area (Å²) in [5, 5.41) is 11.9. The van der Waals surface area contributed by atoms with Crippen LogP contribution in [-0.4, -0.2) is 125 Å². The first-order chi connectivity index (χ1) is 27.4. The van der Waals surface area contributed by atoms with E-state index in [9.17, 15) is 14.7 Å². The van der Waals surface area contributed by atoms with Gasteiger partial charge in [0, 0.05) is 56.3 Å². The van der Waals surface area contributed by atoms with Crippen LogP contribution in [0.25, 0.3) is 0 Å². The average Bonchev–Trinajstić information content (AvgIpc) is 3.18. The van der Waals surface area contributed by atoms with Crippen LogP contribution < -0.4 is 0 Å². The van der Waals surface area contributed by atoms with Gasteiger partial charge in [-0.15, -0.1) is 6.58 Å². The van der Waals surface area contributed by atoms with Gasteiger partial charge in [-0.2, -0.15) is 0 Å². The zero-order valence-electron chi connectivity index (χ0n) is 38.1. The molecule has 2 saturated heterocycles. The van der Waals surface area contributed by atoms with Gasteiger partial charge in [-0.25, -0.2) is 0 Å². The molecule has 2 fully saturated rings. The Morgan fingerprint density at radius 3 is 2.14 bits per heavy atom. The van der Waals surface area contributed by atoms with Crippen molar-refractivity contribution in [2.24, 2.45) is 47.3 Å². The predicted molar refractivity (Wildman–Crippen MR) is 225 cm³/mol. The number of nitrogens with zero attached hydrogens (tertiary/aromatic N) is 1. The molecular formula is C46H79NO11. The van der Waals surface area contributed by atoms with Crippen molar-refractivity contribution >= 4 is 11.8 Å². The van der Waals surface area contributed by atoms with E-state index in [0.717, 1.165) is 5.57 Å². The first kappa shape index (κ1) is 50.4. The number of esters is 1. The number of likely N-dealkylation sites (N-methyl/N-ethyl adjacent to an activating group) is 1. The molecule has 3 heterocycles. The van der Waals surface area contributed by atoms with Crippen LogP contribution in [0.2, 0.25) is 0 Å². The van der Waals surface area contributed by atoms with Crippen molar-refractivity contribution in [2.45, 2.75) is 156 Å². The van der Waals surface area contributed by atoms with Crippen molar-refractivity contribution in [3.63, 3.8) is 0 Å². The molecule has 0 unspecified atom stereocenters. The summed E-state index contributed by atoms with van der Waals surface area (Å²) in [6.07, 6.45) is 3.66. The molecule has 0 amide bonds. The number of carbonyl (C=O) groups excluding carboxylic acids is 2. The van der Waals surface area contributed by atoms with Gasteiger partial charge in [0.05, 0.1) is 50.2 Å². The Kier molecular flexibility index (Phi) is 20.7. The Morgan fingerprint density at radius 1 is 0.879 bits per heavy atom. The molecule has 12 heteroatoms. The number of aliphatic hydroxyl groups is 1. The molecule has 1 N–H and O–H groups in total. The first-order valence-corrected chi connectivity index (χ1v) is 21.7. The number of hydrogen-bond acceptors (Lipinski definition) is 12. The molecule has 3 aliphatic rings. The molecule has 0 saturated carbocycles. The number of hydrogen-bond donors (Lipinski definition) is 1. The molecule has 0 aromatic rings. The van der Waals surface area contributed by atoms with E-state index in [2.05, 4.69) is 46.1 Å². The van der Waals surface area contributed by atoms with Crippen molar-refractivity contribution < 1.29 is 52.6 Å². The molecule has 0 aliphatic carbocycles. The van der Waals surface area contributed by atoms with Crippen LogP contribution in [0.15, 0.2) is 36.5 Å². The van der Waals surface area contributed by atoms with E-state index in [1.165, 1.54) is 0 Å². The summed E-state index contributed by atoms with van der Waals surface area (Å²) in [7, 11) is 7.18. The molecule has 334 valence electrons. The Bertz CT molecular complexity index is 1330. The Morgan fingerprint density at radius 2 is 1.53 bits per heavy atom. The SMILES string of the molecule is C=CCO[C@H]1[C@H](N(C)C)[C@@H](C)[C@H](O[C@H]2[C@@H](CC(OC)OC)C[C@@H](C)C(=O)/C=C/C(C)=C/[C@H](CO[C@@H]3O[C@H](C)[C@@H](C)[C@@H](C)[C@H]3C)[C@@H](CC)OC(=O)C[C@@H](O)[C@@H]2C)O[C@@H]1C. The number of ether oxygens (including phenoxy) is 8. The van der Waals surface area contributed by atoms with Gasteiger partial charge in [0.2, 0.25) is 0 Å². The number of carbonyl (C=O) groups is 2. The monoisotopic (exact) mass is 822 g/mol. The van der Waals surface area contributed by atoms with E-state index in [0.29, 0.717) is 37.7 Å². The number of rotatable bonds is 14. The van der Waals surface area contributed by atoms with Crippen molar-refractivity contribution in [3.05, 3.63) is 36.5 Å². The third kappa shape index (κ3) is 13.5. The van der Waals surface area contributed by atoms with Gasteiger partial charge in [-0.1, -0.05) is 72.3 Å². The molecule has 3 rings (SSSR count). The summed E-state index contributed by atoms with van der Waals surface area (Å²) >= 11 is 0. The molecule has 0 aromatic carbocycles. The average molecular weight is 822 g/mol. The number of cyclic esters (lactones) is 1. The standard InChI is InChI=1S/C46H79NO11/c1-16-20-53-44-34(11)56-46(32(9)42(44)47(12)13)58-43-31(8)38(49)24-40(50)57-39(17-2)36(25-54-45-30(7)28(5)29(6)33(10)55-45)21-26(3)18-19-37(48)27(4)22-35(43)23-41(51-14)52-15/h16,18-19,21,27-36,38-39,41-46,49H,1,17,20,22-25H2,2-15H3/b19-18+,26-21+/t27-,28-,29+,30-,31+,32-,33-,34-,35-,36-,38-,39-,42-,43-,44-,45-,46+/m1/s1. The number of methoxy groups -OCH3 is 2. The molecule has 0 aromatic heterocycles. The van der Waals surface area contributed by atoms with Gasteiger partial charge in [-0.05, 0) is 71.5 Å². The van der Waals surface area contributed by atoms with Crippen LogP contribution in [0.5, 0.6) is 0 Å². The van der Waals surface area contributed by atoms with Gasteiger partial charge in [0.1, 0.15) is 6.10 Å². The summed E-state index contributed by atoms with van der Waals surface area (Å²) in [4.78, 5) is 29.8. The Labute approximate surface area is 350 Å². The highest BCUT2D eigenvalue weighted by molar-refractivity contribution is 5.91. The lowest BCUT2D eigenvalue weighted by atomic mass is 9.79. The lowest BCUT2D eigenvalue weighted by molar-refractivity contribution is -0.294. The van der Waals surface area contributed by atoms with Crippen molar-refractivity contribution in [1.29, 1.82) is 0 Å². The normalized spacial score (nSPS) is 41.5. The van der Waals surface area contributed by atoms with Gasteiger partial charge < -0.3 is 47.9 Å². The number of ketones is 1. The number of aliphatic hydroxyl groups excluding tert-OH is 1. The zero-order valence-corrected chi connectivity index (χ0v) is 38.1. The third-order valence-corrected chi connectivity index (χ3v) is 13.3. The van der Waals surface area contributed by atoms with E-state index in [4.69, 9.17) is 37.9 Å². The second kappa shape index (κ2) is 23.9. The fourth-order valence-electron chi connectivity index (χ4n) is 9.08. The molecule has 17 atom stereocenters. The van der Waals surface area contributed by atoms with E-state index >= 15 is 0 Å². The van der Waals surface area contributed by atoms with Crippen LogP contribution in [0.4, 0.5) is 0 Å². The highest BCUT2D eigenvalue weighted by Crippen LogP contribution is 2.39. The minimum absolute atomic E-state index is 0.0400. The Balaban J connectivity index is 2.02. The summed E-state index contributed by atoms with van der Waals surface area (Å²) in [6.45, 7) is 24.9. The summed E-state index contributed by atoms with van der Waals surface area (Å²) in [6, 6.07) is -0.0627. The highest BCUT2D eigenvalue weighted by atomic mass is 16.7. The maximum atomic E-state index is 13.9. The fourth-order valence-corrected chi connectivity index (χ4v) is 9.08. The van der Waals surface area contributed by atoms with Crippen LogP contribution in [0, 0.1) is 47.3 Å². The molecular weight excluding hydrogens is 743 g/mol. The molecule has 0 bridgehead atoms. The highest BCUT2D eigenvalue weighted by Gasteiger charge is 2.47. The van der Waals surface area contributed by atoms with Crippen molar-refractivity contribution in [1.82, 2.24) is 4.90 Å². The van der Waals surface area contributed by atoms with Crippen LogP contribution in [0.3, 0.4) is 0 Å². The molecule has 0 radical (unpaired) electrons. The first-order valence-electron chi connectivity index (χ1n) is 21.7. The van der Waals surface area contributed by atoms with E-state index in [1.54, 1.807) is 26.4 Å². The largest absolute Gasteiger partial charge is 0.462 e. The van der Waals surface area contributed by atoms with Crippen LogP contribution >= 0.6 is 0 Å². The van der Waals surface area contributed by atoms with Crippen LogP contribution in [0.1, 0.15) is 94.9 Å². The minimum atomic E-state index is -1.14. The zero-order chi connectivity index (χ0) is 43.4. The predicted octanol–water partition coefficient (Wildman–Crippen LogP) is 6.99. The maximum Gasteiger partial charge on any atom is 0.308 e. The second-order valence-electron chi connectivity index (χ2n) is 17.7. The number of allylic oxidation sites excluding steroid dienone is 3. The third-order valence-electron chi connectivity index (χ3n) is 13.3. The minimum Gasteiger partial charge on any atom is -0.462 e. The topological polar surface area (TPSA) is 131 Å². The molecule has 3 aliphatic heterocycles. The van der Waals surface area contributed by atoms with Crippen LogP contribution in [-0.2, 0) is 47.5 Å². The molecule has 12 nitrogen and oxygen atoms in total. The van der Waals surface area contributed by atoms with Gasteiger partial charge in [0.25, 0.3) is 0 Å². The smallest absolute Gasteiger partial charge is 0.308 e. The molecule has 0 spiro atoms. The molecule has 58 heavy (non-hydrogen) atoms. The van der Waals surface area contributed by atoms with Gasteiger partial charge >= 0.3 is 5.97 Å². The van der Waals surface area contributed by atoms with Crippen molar-refractivity contribution in [3.8, 4) is 0 Å². The van der Waals surface area contributed by atoms with E-state index in [1.807, 2.05) is 60.9 Å². The summed E-state index contributed by atoms with van der Waals surface area (Å²) in [5.41, 5.74) is 0.845. The maximum absolute atomic E-state index is 13.9. The summed E-state index contributed by atoms with van der Waals surface area (Å²) < 4.78 is 50.2. The van der Waals surface area contributed by atoms with E-state index < -0.39 is 55.0 Å². The fraction of sp³-hybridized carbons (Fsp3) is 0.826. The van der Waals surface area contributed by atoms with Gasteiger partial charge in [-0.3, -0.25) is 9.59 Å². The lowest BCUT2D eigenvalue weighted by Gasteiger charge is -2.49. The Hall–Kier alpha value is -2.00. The lowest BCUT2D eigenvalue weighted by Crippen LogP contribution is -2.60.